The molecule has 1 saturated heterocycles. The maximum absolute atomic E-state index is 12.5. The van der Waals surface area contributed by atoms with Gasteiger partial charge in [0.1, 0.15) is 5.75 Å². The van der Waals surface area contributed by atoms with Gasteiger partial charge in [-0.25, -0.2) is 0 Å². The number of hydrogen-bond acceptors (Lipinski definition) is 4. The van der Waals surface area contributed by atoms with Crippen LogP contribution in [0.2, 0.25) is 0 Å². The van der Waals surface area contributed by atoms with Crippen LogP contribution in [-0.2, 0) is 4.79 Å². The molecule has 0 radical (unpaired) electrons. The number of fused-ring (bicyclic) bond motifs is 1. The highest BCUT2D eigenvalue weighted by Gasteiger charge is 2.32. The largest absolute Gasteiger partial charge is 0.497 e. The Morgan fingerprint density at radius 3 is 2.76 bits per heavy atom. The summed E-state index contributed by atoms with van der Waals surface area (Å²) in [6.07, 6.45) is 10.1. The predicted molar refractivity (Wildman–Crippen MR) is 99.6 cm³/mol. The zero-order valence-corrected chi connectivity index (χ0v) is 14.9. The first-order valence-corrected chi connectivity index (χ1v) is 9.44. The van der Waals surface area contributed by atoms with Gasteiger partial charge in [-0.3, -0.25) is 9.69 Å². The summed E-state index contributed by atoms with van der Waals surface area (Å²) in [6, 6.07) is 6.67. The lowest BCUT2D eigenvalue weighted by Gasteiger charge is -2.30. The number of rotatable bonds is 3. The molecule has 0 spiro atoms. The first-order valence-electron chi connectivity index (χ1n) is 9.44. The second-order valence-corrected chi connectivity index (χ2v) is 7.29. The van der Waals surface area contributed by atoms with Crippen LogP contribution in [0, 0.1) is 0 Å². The fraction of sp³-hybridized carbons (Fsp3) is 0.550. The Hall–Kier alpha value is -1.85. The van der Waals surface area contributed by atoms with Gasteiger partial charge in [0.25, 0.3) is 5.91 Å². The molecule has 1 amide bonds. The summed E-state index contributed by atoms with van der Waals surface area (Å²) in [4.78, 5) is 15.1. The van der Waals surface area contributed by atoms with Gasteiger partial charge in [-0.2, -0.15) is 0 Å². The van der Waals surface area contributed by atoms with Crippen molar-refractivity contribution in [3.63, 3.8) is 0 Å². The lowest BCUT2D eigenvalue weighted by Crippen LogP contribution is -2.39. The van der Waals surface area contributed by atoms with E-state index in [0.717, 1.165) is 35.8 Å². The molecule has 134 valence electrons. The maximum Gasteiger partial charge on any atom is 0.256 e. The molecule has 2 heterocycles. The smallest absolute Gasteiger partial charge is 0.256 e. The highest BCUT2D eigenvalue weighted by molar-refractivity contribution is 6.31. The first kappa shape index (κ1) is 16.6. The van der Waals surface area contributed by atoms with Gasteiger partial charge < -0.3 is 15.4 Å². The first-order chi connectivity index (χ1) is 12.3. The SMILES string of the molecule is COc1ccc2c(c1)C(=CC1CNCN1C1CCCCCC1)C(=O)N2. The van der Waals surface area contributed by atoms with E-state index in [1.165, 1.54) is 38.5 Å². The highest BCUT2D eigenvalue weighted by Crippen LogP contribution is 2.35. The molecule has 0 aromatic heterocycles. The third kappa shape index (κ3) is 3.31. The van der Waals surface area contributed by atoms with Crippen LogP contribution in [-0.4, -0.2) is 43.2 Å². The van der Waals surface area contributed by atoms with Crippen LogP contribution >= 0.6 is 0 Å². The number of methoxy groups -OCH3 is 1. The molecule has 1 saturated carbocycles. The van der Waals surface area contributed by atoms with Crippen molar-refractivity contribution in [1.29, 1.82) is 0 Å². The summed E-state index contributed by atoms with van der Waals surface area (Å²) in [5.41, 5.74) is 2.61. The van der Waals surface area contributed by atoms with Gasteiger partial charge in [-0.15, -0.1) is 0 Å². The van der Waals surface area contributed by atoms with E-state index in [1.54, 1.807) is 7.11 Å². The highest BCUT2D eigenvalue weighted by atomic mass is 16.5. The van der Waals surface area contributed by atoms with E-state index in [0.29, 0.717) is 6.04 Å². The average molecular weight is 341 g/mol. The Morgan fingerprint density at radius 1 is 1.20 bits per heavy atom. The van der Waals surface area contributed by atoms with Gasteiger partial charge >= 0.3 is 0 Å². The molecule has 0 bridgehead atoms. The van der Waals surface area contributed by atoms with Crippen molar-refractivity contribution in [3.05, 3.63) is 29.8 Å². The third-order valence-electron chi connectivity index (χ3n) is 5.74. The van der Waals surface area contributed by atoms with Gasteiger partial charge in [0.05, 0.1) is 7.11 Å². The number of amides is 1. The van der Waals surface area contributed by atoms with Crippen molar-refractivity contribution < 1.29 is 9.53 Å². The number of nitrogens with one attached hydrogen (secondary N) is 2. The minimum atomic E-state index is -0.00373. The molecule has 4 rings (SSSR count). The molecule has 1 aromatic rings. The molecule has 5 heteroatoms. The summed E-state index contributed by atoms with van der Waals surface area (Å²) in [5.74, 6) is 0.780. The van der Waals surface area contributed by atoms with Crippen LogP contribution in [0.5, 0.6) is 5.75 Å². The van der Waals surface area contributed by atoms with Crippen LogP contribution in [0.25, 0.3) is 5.57 Å². The number of carbonyl (C=O) groups excluding carboxylic acids is 1. The standard InChI is InChI=1S/C20H27N3O2/c1-25-16-8-9-19-17(11-16)18(20(24)22-19)10-15-12-21-13-23(15)14-6-4-2-3-5-7-14/h8-11,14-15,21H,2-7,12-13H2,1H3,(H,22,24). The molecule has 5 nitrogen and oxygen atoms in total. The zero-order valence-electron chi connectivity index (χ0n) is 14.9. The number of ether oxygens (including phenoxy) is 1. The van der Waals surface area contributed by atoms with E-state index in [1.807, 2.05) is 18.2 Å². The Morgan fingerprint density at radius 2 is 2.00 bits per heavy atom. The second-order valence-electron chi connectivity index (χ2n) is 7.29. The average Bonchev–Trinajstić information content (AvgIpc) is 3.09. The normalized spacial score (nSPS) is 26.5. The Labute approximate surface area is 149 Å². The zero-order chi connectivity index (χ0) is 17.2. The van der Waals surface area contributed by atoms with Gasteiger partial charge in [-0.05, 0) is 31.0 Å². The van der Waals surface area contributed by atoms with Gasteiger partial charge in [0.15, 0.2) is 0 Å². The van der Waals surface area contributed by atoms with Crippen LogP contribution in [0.4, 0.5) is 5.69 Å². The van der Waals surface area contributed by atoms with Crippen LogP contribution in [0.3, 0.4) is 0 Å². The van der Waals surface area contributed by atoms with Crippen molar-refractivity contribution in [3.8, 4) is 5.75 Å². The van der Waals surface area contributed by atoms with Gasteiger partial charge in [0.2, 0.25) is 0 Å². The Balaban J connectivity index is 1.60. The molecule has 1 atom stereocenters. The summed E-state index contributed by atoms with van der Waals surface area (Å²) < 4.78 is 5.33. The van der Waals surface area contributed by atoms with Crippen molar-refractivity contribution in [1.82, 2.24) is 10.2 Å². The van der Waals surface area contributed by atoms with Crippen molar-refractivity contribution in [2.75, 3.05) is 25.6 Å². The van der Waals surface area contributed by atoms with E-state index in [-0.39, 0.29) is 11.9 Å². The number of nitrogens with zero attached hydrogens (tertiary/aromatic N) is 1. The molecular weight excluding hydrogens is 314 g/mol. The summed E-state index contributed by atoms with van der Waals surface area (Å²) in [6.45, 7) is 1.83. The molecule has 1 unspecified atom stereocenters. The molecule has 3 aliphatic rings. The maximum atomic E-state index is 12.5. The van der Waals surface area contributed by atoms with Crippen molar-refractivity contribution >= 4 is 17.2 Å². The van der Waals surface area contributed by atoms with E-state index in [4.69, 9.17) is 4.74 Å². The van der Waals surface area contributed by atoms with Crippen LogP contribution in [0.1, 0.15) is 44.1 Å². The summed E-state index contributed by atoms with van der Waals surface area (Å²) in [5, 5.41) is 6.48. The van der Waals surface area contributed by atoms with E-state index >= 15 is 0 Å². The molecule has 1 aliphatic carbocycles. The molecular formula is C20H27N3O2. The van der Waals surface area contributed by atoms with E-state index in [9.17, 15) is 4.79 Å². The Bertz CT molecular complexity index is 678. The summed E-state index contributed by atoms with van der Waals surface area (Å²) in [7, 11) is 1.66. The fourth-order valence-corrected chi connectivity index (χ4v) is 4.37. The number of anilines is 1. The third-order valence-corrected chi connectivity index (χ3v) is 5.74. The predicted octanol–water partition coefficient (Wildman–Crippen LogP) is 2.98. The number of benzene rings is 1. The number of hydrogen-bond donors (Lipinski definition) is 2. The lowest BCUT2D eigenvalue weighted by molar-refractivity contribution is -0.110. The van der Waals surface area contributed by atoms with E-state index < -0.39 is 0 Å². The summed E-state index contributed by atoms with van der Waals surface area (Å²) >= 11 is 0. The van der Waals surface area contributed by atoms with Crippen molar-refractivity contribution in [2.24, 2.45) is 0 Å². The minimum absolute atomic E-state index is 0.00373. The van der Waals surface area contributed by atoms with Crippen molar-refractivity contribution in [2.45, 2.75) is 50.6 Å². The fourth-order valence-electron chi connectivity index (χ4n) is 4.37. The second kappa shape index (κ2) is 7.18. The molecule has 25 heavy (non-hydrogen) atoms. The van der Waals surface area contributed by atoms with Crippen LogP contribution in [0.15, 0.2) is 24.3 Å². The molecule has 2 fully saturated rings. The quantitative estimate of drug-likeness (QED) is 0.655. The lowest BCUT2D eigenvalue weighted by atomic mass is 10.0. The monoisotopic (exact) mass is 341 g/mol. The van der Waals surface area contributed by atoms with Gasteiger partial charge in [0, 0.05) is 42.1 Å². The topological polar surface area (TPSA) is 53.6 Å². The van der Waals surface area contributed by atoms with Gasteiger partial charge in [-0.1, -0.05) is 31.8 Å². The number of carbonyl (C=O) groups is 1. The molecule has 2 aliphatic heterocycles. The van der Waals surface area contributed by atoms with E-state index in [2.05, 4.69) is 21.6 Å². The molecule has 2 N–H and O–H groups in total. The molecule has 1 aromatic carbocycles. The van der Waals surface area contributed by atoms with Crippen LogP contribution < -0.4 is 15.4 Å². The Kier molecular flexibility index (Phi) is 4.77. The minimum Gasteiger partial charge on any atom is -0.497 e.